The summed E-state index contributed by atoms with van der Waals surface area (Å²) in [6.45, 7) is 10.1. The molecule has 0 aromatic heterocycles. The van der Waals surface area contributed by atoms with Crippen molar-refractivity contribution in [1.82, 2.24) is 4.90 Å². The van der Waals surface area contributed by atoms with E-state index in [9.17, 15) is 0 Å². The molecule has 0 aliphatic carbocycles. The van der Waals surface area contributed by atoms with E-state index >= 15 is 0 Å². The zero-order valence-electron chi connectivity index (χ0n) is 15.2. The van der Waals surface area contributed by atoms with Crippen LogP contribution in [0.15, 0.2) is 0 Å². The minimum Gasteiger partial charge on any atom is -1.00 e. The molecule has 142 valence electrons. The molecule has 0 aliphatic rings. The second kappa shape index (κ2) is 35.0. The topological polar surface area (TPSA) is 246 Å². The molecule has 0 amide bonds. The Morgan fingerprint density at radius 1 is 0.500 bits per heavy atom. The quantitative estimate of drug-likeness (QED) is 0.206. The second-order valence-corrected chi connectivity index (χ2v) is 3.01. The molecule has 0 atom stereocenters. The molecule has 0 unspecified atom stereocenters. The molecule has 13 nitrogen and oxygen atoms in total. The molecule has 24 heavy (non-hydrogen) atoms. The molecule has 0 saturated heterocycles. The number of hydrogen-bond donors (Lipinski definition) is 12. The van der Waals surface area contributed by atoms with Gasteiger partial charge in [-0.25, -0.2) is 0 Å². The van der Waals surface area contributed by atoms with E-state index in [-0.39, 0.29) is 31.0 Å². The summed E-state index contributed by atoms with van der Waals surface area (Å²) in [4.78, 5) is 2.38. The predicted octanol–water partition coefficient (Wildman–Crippen LogP) is -9.74. The van der Waals surface area contributed by atoms with Crippen molar-refractivity contribution in [3.05, 3.63) is 0 Å². The van der Waals surface area contributed by atoms with Crippen LogP contribution in [0.1, 0.15) is 22.2 Å². The Bertz CT molecular complexity index is 147. The zero-order chi connectivity index (χ0) is 20.0. The zero-order valence-corrected chi connectivity index (χ0v) is 16.2. The molecule has 12 N–H and O–H groups in total. The van der Waals surface area contributed by atoms with E-state index in [1.807, 2.05) is 0 Å². The first-order valence-corrected chi connectivity index (χ1v) is 6.17. The monoisotopic (exact) mass is 373 g/mol. The van der Waals surface area contributed by atoms with Crippen LogP contribution in [0.2, 0.25) is 0 Å². The summed E-state index contributed by atoms with van der Waals surface area (Å²) in [5.41, 5.74) is 0. The van der Waals surface area contributed by atoms with Crippen LogP contribution in [0.3, 0.4) is 0 Å². The summed E-state index contributed by atoms with van der Waals surface area (Å²) in [5, 5.41) is 86.0. The molecular formula is C6H28B4NNaO12. The Morgan fingerprint density at radius 2 is 0.583 bits per heavy atom. The van der Waals surface area contributed by atoms with Gasteiger partial charge in [0.25, 0.3) is 0 Å². The van der Waals surface area contributed by atoms with Gasteiger partial charge in [0.1, 0.15) is 0 Å². The third kappa shape index (κ3) is 237. The SMILES string of the molecule is CCN(CC)CC.OB(O)O.OB(O)O.OB(O)O.OB(O)O.[H-].[Na+]. The molecule has 0 heterocycles. The Balaban J connectivity index is -0.0000000326. The van der Waals surface area contributed by atoms with E-state index in [1.54, 1.807) is 0 Å². The third-order valence-corrected chi connectivity index (χ3v) is 1.34. The van der Waals surface area contributed by atoms with Crippen LogP contribution in [0.25, 0.3) is 0 Å². The smallest absolute Gasteiger partial charge is 1.00 e. The van der Waals surface area contributed by atoms with Gasteiger partial charge < -0.3 is 66.6 Å². The Kier molecular flexibility index (Phi) is 57.8. The summed E-state index contributed by atoms with van der Waals surface area (Å²) < 4.78 is 0. The van der Waals surface area contributed by atoms with Crippen molar-refractivity contribution in [2.75, 3.05) is 19.6 Å². The van der Waals surface area contributed by atoms with Crippen molar-refractivity contribution in [2.24, 2.45) is 0 Å². The molecule has 0 saturated carbocycles. The second-order valence-electron chi connectivity index (χ2n) is 3.01. The van der Waals surface area contributed by atoms with Crippen LogP contribution in [0, 0.1) is 0 Å². The first-order chi connectivity index (χ1) is 10.3. The van der Waals surface area contributed by atoms with Crippen LogP contribution < -0.4 is 29.6 Å². The molecule has 0 radical (unpaired) electrons. The van der Waals surface area contributed by atoms with Gasteiger partial charge in [-0.2, -0.15) is 0 Å². The third-order valence-electron chi connectivity index (χ3n) is 1.34. The maximum atomic E-state index is 7.17. The molecule has 0 fully saturated rings. The Hall–Kier alpha value is 0.740. The largest absolute Gasteiger partial charge is 1.00 e. The van der Waals surface area contributed by atoms with Crippen LogP contribution in [-0.2, 0) is 0 Å². The normalized spacial score (nSPS) is 7.50. The summed E-state index contributed by atoms with van der Waals surface area (Å²) in [6.07, 6.45) is 0. The van der Waals surface area contributed by atoms with E-state index in [2.05, 4.69) is 25.7 Å². The maximum absolute atomic E-state index is 7.17. The number of hydrogen-bond acceptors (Lipinski definition) is 13. The number of nitrogens with zero attached hydrogens (tertiary/aromatic N) is 1. The van der Waals surface area contributed by atoms with E-state index in [0.29, 0.717) is 0 Å². The fourth-order valence-electron chi connectivity index (χ4n) is 0.671. The van der Waals surface area contributed by atoms with Crippen molar-refractivity contribution in [1.29, 1.82) is 0 Å². The van der Waals surface area contributed by atoms with Gasteiger partial charge in [0.05, 0.1) is 0 Å². The average Bonchev–Trinajstić information content (AvgIpc) is 2.28. The summed E-state index contributed by atoms with van der Waals surface area (Å²) in [7, 11) is -8.67. The molecule has 18 heteroatoms. The molecule has 0 spiro atoms. The van der Waals surface area contributed by atoms with Crippen LogP contribution >= 0.6 is 0 Å². The van der Waals surface area contributed by atoms with Gasteiger partial charge in [-0.15, -0.1) is 0 Å². The van der Waals surface area contributed by atoms with Crippen LogP contribution in [0.4, 0.5) is 0 Å². The van der Waals surface area contributed by atoms with Crippen molar-refractivity contribution >= 4 is 29.3 Å². The first kappa shape index (κ1) is 39.7. The van der Waals surface area contributed by atoms with Crippen molar-refractivity contribution in [2.45, 2.75) is 20.8 Å². The molecule has 0 aromatic rings. The molecule has 0 rings (SSSR count). The minimum atomic E-state index is -2.17. The number of rotatable bonds is 3. The van der Waals surface area contributed by atoms with Gasteiger partial charge in [0.15, 0.2) is 0 Å². The van der Waals surface area contributed by atoms with Gasteiger partial charge in [-0.3, -0.25) is 0 Å². The van der Waals surface area contributed by atoms with E-state index in [1.165, 1.54) is 19.6 Å². The van der Waals surface area contributed by atoms with Gasteiger partial charge >= 0.3 is 58.8 Å². The summed E-state index contributed by atoms with van der Waals surface area (Å²) >= 11 is 0. The van der Waals surface area contributed by atoms with Crippen molar-refractivity contribution < 1.29 is 91.3 Å². The molecule has 0 aliphatic heterocycles. The summed E-state index contributed by atoms with van der Waals surface area (Å²) in [5.74, 6) is 0. The van der Waals surface area contributed by atoms with Gasteiger partial charge in [0, 0.05) is 0 Å². The van der Waals surface area contributed by atoms with Crippen molar-refractivity contribution in [3.8, 4) is 0 Å². The van der Waals surface area contributed by atoms with Gasteiger partial charge in [-0.05, 0) is 19.6 Å². The first-order valence-electron chi connectivity index (χ1n) is 6.17. The predicted molar refractivity (Wildman–Crippen MR) is 84.2 cm³/mol. The van der Waals surface area contributed by atoms with Gasteiger partial charge in [0.2, 0.25) is 0 Å². The Morgan fingerprint density at radius 3 is 0.583 bits per heavy atom. The minimum absolute atomic E-state index is 0. The van der Waals surface area contributed by atoms with Crippen LogP contribution in [-0.4, -0.2) is 114 Å². The maximum Gasteiger partial charge on any atom is 1.00 e. The van der Waals surface area contributed by atoms with E-state index in [0.717, 1.165) is 0 Å². The average molecular weight is 373 g/mol. The summed E-state index contributed by atoms with van der Waals surface area (Å²) in [6, 6.07) is 0. The molecular weight excluding hydrogens is 344 g/mol. The van der Waals surface area contributed by atoms with Crippen molar-refractivity contribution in [3.63, 3.8) is 0 Å². The standard InChI is InChI=1S/C6H15N.4BH3O3.Na.H/c1-4-7(5-2)6-3;4*2-1(3)4;;/h4-6H2,1-3H3;4*2-4H;;/q;;;;;+1;-1. The Labute approximate surface area is 165 Å². The fraction of sp³-hybridized carbons (Fsp3) is 1.00. The van der Waals surface area contributed by atoms with Gasteiger partial charge in [-0.1, -0.05) is 20.8 Å². The van der Waals surface area contributed by atoms with E-state index < -0.39 is 29.3 Å². The molecule has 0 aromatic carbocycles. The van der Waals surface area contributed by atoms with E-state index in [4.69, 9.17) is 60.3 Å². The van der Waals surface area contributed by atoms with Crippen LogP contribution in [0.5, 0.6) is 0 Å². The molecule has 0 bridgehead atoms. The fourth-order valence-corrected chi connectivity index (χ4v) is 0.671.